The maximum absolute atomic E-state index is 11.0. The molecule has 2 atom stereocenters. The Kier molecular flexibility index (Phi) is 2.85. The Bertz CT molecular complexity index is 609. The van der Waals surface area contributed by atoms with Gasteiger partial charge in [-0.2, -0.15) is 5.10 Å². The van der Waals surface area contributed by atoms with Crippen molar-refractivity contribution in [3.05, 3.63) is 24.5 Å². The van der Waals surface area contributed by atoms with E-state index in [1.165, 1.54) is 0 Å². The van der Waals surface area contributed by atoms with Crippen molar-refractivity contribution in [2.45, 2.75) is 25.8 Å². The van der Waals surface area contributed by atoms with E-state index in [1.54, 1.807) is 10.7 Å². The second kappa shape index (κ2) is 4.53. The molecular formula is C13H16N4O2. The summed E-state index contributed by atoms with van der Waals surface area (Å²) in [6.07, 6.45) is 4.94. The summed E-state index contributed by atoms with van der Waals surface area (Å²) < 4.78 is 1.72. The Labute approximate surface area is 110 Å². The molecule has 0 amide bonds. The quantitative estimate of drug-likeness (QED) is 0.884. The maximum Gasteiger partial charge on any atom is 0.306 e. The summed E-state index contributed by atoms with van der Waals surface area (Å²) in [7, 11) is 0. The Hall–Kier alpha value is -2.11. The third-order valence-electron chi connectivity index (χ3n) is 3.76. The van der Waals surface area contributed by atoms with Gasteiger partial charge in [-0.1, -0.05) is 0 Å². The van der Waals surface area contributed by atoms with Gasteiger partial charge in [0.1, 0.15) is 5.82 Å². The van der Waals surface area contributed by atoms with E-state index in [4.69, 9.17) is 5.11 Å². The molecule has 1 N–H and O–H groups in total. The molecular weight excluding hydrogens is 244 g/mol. The fourth-order valence-corrected chi connectivity index (χ4v) is 2.70. The van der Waals surface area contributed by atoms with E-state index in [0.29, 0.717) is 12.8 Å². The molecule has 0 radical (unpaired) electrons. The highest BCUT2D eigenvalue weighted by molar-refractivity contribution is 5.70. The Balaban J connectivity index is 1.84. The number of aromatic nitrogens is 3. The van der Waals surface area contributed by atoms with Gasteiger partial charge >= 0.3 is 5.97 Å². The Morgan fingerprint density at radius 1 is 1.47 bits per heavy atom. The number of carboxylic acid groups (broad SMARTS) is 1. The molecule has 1 aliphatic rings. The Morgan fingerprint density at radius 3 is 3.05 bits per heavy atom. The average Bonchev–Trinajstić information content (AvgIpc) is 2.85. The van der Waals surface area contributed by atoms with Crippen molar-refractivity contribution in [2.24, 2.45) is 5.92 Å². The van der Waals surface area contributed by atoms with Gasteiger partial charge in [0.25, 0.3) is 0 Å². The van der Waals surface area contributed by atoms with E-state index >= 15 is 0 Å². The van der Waals surface area contributed by atoms with Crippen LogP contribution in [0.15, 0.2) is 24.5 Å². The van der Waals surface area contributed by atoms with Gasteiger partial charge in [-0.3, -0.25) is 4.79 Å². The number of fused-ring (bicyclic) bond motifs is 1. The maximum atomic E-state index is 11.0. The highest BCUT2D eigenvalue weighted by atomic mass is 16.4. The zero-order chi connectivity index (χ0) is 13.4. The summed E-state index contributed by atoms with van der Waals surface area (Å²) in [6, 6.07) is 3.98. The van der Waals surface area contributed by atoms with Gasteiger partial charge in [0.05, 0.1) is 12.1 Å². The smallest absolute Gasteiger partial charge is 0.306 e. The van der Waals surface area contributed by atoms with E-state index in [9.17, 15) is 4.79 Å². The van der Waals surface area contributed by atoms with Gasteiger partial charge in [0, 0.05) is 24.8 Å². The van der Waals surface area contributed by atoms with Crippen molar-refractivity contribution in [3.8, 4) is 0 Å². The van der Waals surface area contributed by atoms with Crippen molar-refractivity contribution in [3.63, 3.8) is 0 Å². The predicted octanol–water partition coefficient (Wildman–Crippen LogP) is 1.42. The van der Waals surface area contributed by atoms with Crippen LogP contribution in [0.4, 0.5) is 5.82 Å². The van der Waals surface area contributed by atoms with Crippen molar-refractivity contribution >= 4 is 17.4 Å². The van der Waals surface area contributed by atoms with Crippen molar-refractivity contribution in [2.75, 3.05) is 11.4 Å². The minimum absolute atomic E-state index is 0.188. The molecule has 2 aromatic rings. The molecule has 3 rings (SSSR count). The lowest BCUT2D eigenvalue weighted by atomic mass is 9.92. The van der Waals surface area contributed by atoms with Gasteiger partial charge in [-0.25, -0.2) is 9.50 Å². The molecule has 0 saturated carbocycles. The zero-order valence-corrected chi connectivity index (χ0v) is 10.7. The van der Waals surface area contributed by atoms with Crippen LogP contribution >= 0.6 is 0 Å². The van der Waals surface area contributed by atoms with Crippen LogP contribution in [0.3, 0.4) is 0 Å². The van der Waals surface area contributed by atoms with Crippen LogP contribution in [0.5, 0.6) is 0 Å². The van der Waals surface area contributed by atoms with Crippen molar-refractivity contribution in [1.29, 1.82) is 0 Å². The molecule has 0 aromatic carbocycles. The molecule has 2 aromatic heterocycles. The summed E-state index contributed by atoms with van der Waals surface area (Å²) in [5, 5.41) is 13.2. The lowest BCUT2D eigenvalue weighted by Gasteiger charge is -2.37. The van der Waals surface area contributed by atoms with E-state index in [2.05, 4.69) is 21.9 Å². The van der Waals surface area contributed by atoms with Gasteiger partial charge < -0.3 is 10.0 Å². The van der Waals surface area contributed by atoms with Crippen LogP contribution in [0.1, 0.15) is 19.8 Å². The average molecular weight is 260 g/mol. The molecule has 0 aliphatic carbocycles. The number of anilines is 1. The van der Waals surface area contributed by atoms with E-state index in [1.807, 2.05) is 18.3 Å². The number of nitrogens with zero attached hydrogens (tertiary/aromatic N) is 4. The molecule has 1 fully saturated rings. The number of piperidine rings is 1. The van der Waals surface area contributed by atoms with Gasteiger partial charge in [0.15, 0.2) is 5.65 Å². The topological polar surface area (TPSA) is 70.7 Å². The second-order valence-corrected chi connectivity index (χ2v) is 5.02. The van der Waals surface area contributed by atoms with Crippen LogP contribution in [-0.4, -0.2) is 38.3 Å². The molecule has 0 spiro atoms. The first kappa shape index (κ1) is 12.0. The third-order valence-corrected chi connectivity index (χ3v) is 3.76. The molecule has 19 heavy (non-hydrogen) atoms. The van der Waals surface area contributed by atoms with Gasteiger partial charge in [-0.05, 0) is 25.8 Å². The number of aliphatic carboxylic acids is 1. The van der Waals surface area contributed by atoms with Crippen LogP contribution in [0, 0.1) is 5.92 Å². The lowest BCUT2D eigenvalue weighted by Crippen LogP contribution is -2.43. The molecule has 6 heteroatoms. The SMILES string of the molecule is CC1CC(C(=O)O)CCN1c1ccn2nccc2n1. The first-order chi connectivity index (χ1) is 9.15. The molecule has 2 unspecified atom stereocenters. The molecule has 0 bridgehead atoms. The highest BCUT2D eigenvalue weighted by Crippen LogP contribution is 2.27. The van der Waals surface area contributed by atoms with E-state index in [-0.39, 0.29) is 12.0 Å². The van der Waals surface area contributed by atoms with Crippen molar-refractivity contribution < 1.29 is 9.90 Å². The molecule has 100 valence electrons. The number of hydrogen-bond donors (Lipinski definition) is 1. The summed E-state index contributed by atoms with van der Waals surface area (Å²) in [5.74, 6) is -0.0278. The molecule has 1 saturated heterocycles. The summed E-state index contributed by atoms with van der Waals surface area (Å²) in [4.78, 5) is 17.8. The van der Waals surface area contributed by atoms with Crippen LogP contribution in [0.25, 0.3) is 5.65 Å². The summed E-state index contributed by atoms with van der Waals surface area (Å²) in [5.41, 5.74) is 0.810. The first-order valence-corrected chi connectivity index (χ1v) is 6.45. The fourth-order valence-electron chi connectivity index (χ4n) is 2.70. The third kappa shape index (κ3) is 2.14. The van der Waals surface area contributed by atoms with E-state index in [0.717, 1.165) is 18.0 Å². The van der Waals surface area contributed by atoms with Gasteiger partial charge in [-0.15, -0.1) is 0 Å². The summed E-state index contributed by atoms with van der Waals surface area (Å²) in [6.45, 7) is 2.78. The Morgan fingerprint density at radius 2 is 2.32 bits per heavy atom. The molecule has 6 nitrogen and oxygen atoms in total. The minimum Gasteiger partial charge on any atom is -0.481 e. The molecule has 1 aliphatic heterocycles. The monoisotopic (exact) mass is 260 g/mol. The van der Waals surface area contributed by atoms with Crippen LogP contribution < -0.4 is 4.90 Å². The highest BCUT2D eigenvalue weighted by Gasteiger charge is 2.30. The van der Waals surface area contributed by atoms with Crippen molar-refractivity contribution in [1.82, 2.24) is 14.6 Å². The summed E-state index contributed by atoms with van der Waals surface area (Å²) >= 11 is 0. The number of carbonyl (C=O) groups is 1. The normalized spacial score (nSPS) is 23.7. The first-order valence-electron chi connectivity index (χ1n) is 6.45. The van der Waals surface area contributed by atoms with Crippen LogP contribution in [0.2, 0.25) is 0 Å². The molecule has 3 heterocycles. The number of rotatable bonds is 2. The fraction of sp³-hybridized carbons (Fsp3) is 0.462. The van der Waals surface area contributed by atoms with E-state index < -0.39 is 5.97 Å². The van der Waals surface area contributed by atoms with Gasteiger partial charge in [0.2, 0.25) is 0 Å². The minimum atomic E-state index is -0.689. The standard InChI is InChI=1S/C13H16N4O2/c1-9-8-10(13(18)19)3-6-16(9)11-4-7-17-12(15-11)2-5-14-17/h2,4-5,7,9-10H,3,6,8H2,1H3,(H,18,19). The lowest BCUT2D eigenvalue weighted by molar-refractivity contribution is -0.142. The van der Waals surface area contributed by atoms with Crippen LogP contribution in [-0.2, 0) is 4.79 Å². The largest absolute Gasteiger partial charge is 0.481 e. The number of hydrogen-bond acceptors (Lipinski definition) is 4. The number of carboxylic acids is 1. The second-order valence-electron chi connectivity index (χ2n) is 5.02. The predicted molar refractivity (Wildman–Crippen MR) is 70.2 cm³/mol. The zero-order valence-electron chi connectivity index (χ0n) is 10.7.